The van der Waals surface area contributed by atoms with E-state index in [1.54, 1.807) is 4.90 Å². The van der Waals surface area contributed by atoms with E-state index in [9.17, 15) is 14.7 Å². The normalized spacial score (nSPS) is 17.9. The van der Waals surface area contributed by atoms with Gasteiger partial charge in [-0.05, 0) is 45.8 Å². The van der Waals surface area contributed by atoms with Crippen molar-refractivity contribution in [2.45, 2.75) is 37.8 Å². The number of hydrogen-bond acceptors (Lipinski definition) is 3. The maximum absolute atomic E-state index is 12.6. The second kappa shape index (κ2) is 5.85. The molecular weight excluding hydrogens is 268 g/mol. The molecule has 0 saturated heterocycles. The zero-order valence-electron chi connectivity index (χ0n) is 12.7. The first-order valence-electron chi connectivity index (χ1n) is 7.14. The van der Waals surface area contributed by atoms with Crippen LogP contribution in [0.4, 0.5) is 0 Å². The van der Waals surface area contributed by atoms with Gasteiger partial charge in [0, 0.05) is 0 Å². The van der Waals surface area contributed by atoms with E-state index in [4.69, 9.17) is 0 Å². The number of nitrogens with one attached hydrogen (secondary N) is 1. The summed E-state index contributed by atoms with van der Waals surface area (Å²) < 4.78 is 0. The fourth-order valence-corrected chi connectivity index (χ4v) is 2.66. The minimum atomic E-state index is -1.07. The van der Waals surface area contributed by atoms with Gasteiger partial charge in [0.2, 0.25) is 5.91 Å². The van der Waals surface area contributed by atoms with Gasteiger partial charge in [0.05, 0.1) is 0 Å². The van der Waals surface area contributed by atoms with Gasteiger partial charge >= 0.3 is 5.97 Å². The summed E-state index contributed by atoms with van der Waals surface area (Å²) in [4.78, 5) is 25.8. The van der Waals surface area contributed by atoms with Crippen LogP contribution in [0.25, 0.3) is 0 Å². The molecule has 1 aliphatic carbocycles. The van der Waals surface area contributed by atoms with Crippen LogP contribution in [0.15, 0.2) is 24.3 Å². The molecule has 1 aromatic rings. The first-order valence-corrected chi connectivity index (χ1v) is 7.14. The maximum atomic E-state index is 12.6. The molecular formula is C16H22N2O3. The number of carboxylic acids is 1. The first kappa shape index (κ1) is 15.5. The third-order valence-electron chi connectivity index (χ3n) is 4.14. The Bertz CT molecular complexity index is 533. The fraction of sp³-hybridized carbons (Fsp3) is 0.500. The minimum Gasteiger partial charge on any atom is -0.480 e. The summed E-state index contributed by atoms with van der Waals surface area (Å²) in [5, 5.41) is 12.1. The molecule has 0 unspecified atom stereocenters. The minimum absolute atomic E-state index is 0.258. The average Bonchev–Trinajstić information content (AvgIpc) is 2.35. The first-order chi connectivity index (χ1) is 9.85. The Morgan fingerprint density at radius 2 is 1.81 bits per heavy atom. The number of likely N-dealkylation sites (N-methyl/N-ethyl adjacent to an activating group) is 1. The second-order valence-corrected chi connectivity index (χ2v) is 6.01. The Labute approximate surface area is 125 Å². The van der Waals surface area contributed by atoms with Crippen molar-refractivity contribution < 1.29 is 14.7 Å². The summed E-state index contributed by atoms with van der Waals surface area (Å²) >= 11 is 0. The van der Waals surface area contributed by atoms with Crippen LogP contribution in [0.1, 0.15) is 36.4 Å². The third kappa shape index (κ3) is 3.08. The summed E-state index contributed by atoms with van der Waals surface area (Å²) in [6.45, 7) is 1.99. The number of aliphatic carboxylic acids is 1. The summed E-state index contributed by atoms with van der Waals surface area (Å²) in [5.74, 6) is -1.20. The van der Waals surface area contributed by atoms with Crippen molar-refractivity contribution in [1.82, 2.24) is 10.2 Å². The van der Waals surface area contributed by atoms with Gasteiger partial charge < -0.3 is 10.4 Å². The van der Waals surface area contributed by atoms with Crippen molar-refractivity contribution in [2.24, 2.45) is 0 Å². The molecule has 21 heavy (non-hydrogen) atoms. The van der Waals surface area contributed by atoms with Crippen molar-refractivity contribution in [1.29, 1.82) is 0 Å². The molecule has 5 heteroatoms. The number of aryl methyl sites for hydroxylation is 1. The summed E-state index contributed by atoms with van der Waals surface area (Å²) in [5.41, 5.74) is 0.913. The lowest BCUT2D eigenvalue weighted by Gasteiger charge is -2.39. The van der Waals surface area contributed by atoms with Crippen molar-refractivity contribution in [3.63, 3.8) is 0 Å². The molecule has 1 aromatic carbocycles. The fourth-order valence-electron chi connectivity index (χ4n) is 2.66. The lowest BCUT2D eigenvalue weighted by molar-refractivity contribution is -0.152. The molecule has 114 valence electrons. The molecule has 1 atom stereocenters. The van der Waals surface area contributed by atoms with Gasteiger partial charge in [0.1, 0.15) is 11.6 Å². The van der Waals surface area contributed by atoms with Crippen molar-refractivity contribution in [3.8, 4) is 0 Å². The highest BCUT2D eigenvalue weighted by molar-refractivity contribution is 5.90. The van der Waals surface area contributed by atoms with Crippen LogP contribution >= 0.6 is 0 Å². The van der Waals surface area contributed by atoms with Crippen LogP contribution in [0, 0.1) is 6.92 Å². The number of amides is 1. The number of rotatable bonds is 5. The molecule has 1 aliphatic rings. The van der Waals surface area contributed by atoms with Crippen LogP contribution in [0.5, 0.6) is 0 Å². The Hall–Kier alpha value is -1.88. The molecule has 1 fully saturated rings. The number of carbonyl (C=O) groups is 2. The van der Waals surface area contributed by atoms with Crippen molar-refractivity contribution in [2.75, 3.05) is 14.1 Å². The van der Waals surface area contributed by atoms with Crippen molar-refractivity contribution in [3.05, 3.63) is 35.4 Å². The topological polar surface area (TPSA) is 69.6 Å². The van der Waals surface area contributed by atoms with E-state index in [0.29, 0.717) is 12.8 Å². The van der Waals surface area contributed by atoms with Gasteiger partial charge in [-0.2, -0.15) is 0 Å². The van der Waals surface area contributed by atoms with E-state index in [1.165, 1.54) is 0 Å². The summed E-state index contributed by atoms with van der Waals surface area (Å²) in [6, 6.07) is 7.24. The maximum Gasteiger partial charge on any atom is 0.329 e. The zero-order chi connectivity index (χ0) is 15.6. The van der Waals surface area contributed by atoms with Gasteiger partial charge in [-0.3, -0.25) is 9.69 Å². The molecule has 2 rings (SSSR count). The largest absolute Gasteiger partial charge is 0.480 e. The Morgan fingerprint density at radius 3 is 2.19 bits per heavy atom. The quantitative estimate of drug-likeness (QED) is 0.866. The molecule has 2 N–H and O–H groups in total. The molecule has 0 bridgehead atoms. The van der Waals surface area contributed by atoms with E-state index in [0.717, 1.165) is 17.5 Å². The van der Waals surface area contributed by atoms with E-state index < -0.39 is 17.6 Å². The molecule has 1 amide bonds. The summed E-state index contributed by atoms with van der Waals surface area (Å²) in [6.07, 6.45) is 1.84. The Morgan fingerprint density at radius 1 is 1.24 bits per heavy atom. The highest BCUT2D eigenvalue weighted by Crippen LogP contribution is 2.33. The van der Waals surface area contributed by atoms with E-state index >= 15 is 0 Å². The van der Waals surface area contributed by atoms with Crippen LogP contribution in [0.3, 0.4) is 0 Å². The molecule has 0 aliphatic heterocycles. The van der Waals surface area contributed by atoms with Crippen LogP contribution in [-0.2, 0) is 9.59 Å². The zero-order valence-corrected chi connectivity index (χ0v) is 12.7. The number of nitrogens with zero attached hydrogens (tertiary/aromatic N) is 1. The second-order valence-electron chi connectivity index (χ2n) is 6.01. The Balaban J connectivity index is 2.20. The molecule has 1 saturated carbocycles. The number of carboxylic acid groups (broad SMARTS) is 1. The average molecular weight is 290 g/mol. The standard InChI is InChI=1S/C16H22N2O3/c1-11-5-7-12(8-6-11)13(18(2)3)14(19)17-16(15(20)21)9-4-10-16/h5-8,13H,4,9-10H2,1-3H3,(H,17,19)(H,20,21)/t13-/m1/s1. The van der Waals surface area contributed by atoms with Gasteiger partial charge in [0.15, 0.2) is 0 Å². The van der Waals surface area contributed by atoms with Gasteiger partial charge in [0.25, 0.3) is 0 Å². The van der Waals surface area contributed by atoms with Gasteiger partial charge in [-0.15, -0.1) is 0 Å². The van der Waals surface area contributed by atoms with Gasteiger partial charge in [-0.1, -0.05) is 29.8 Å². The molecule has 0 spiro atoms. The molecule has 5 nitrogen and oxygen atoms in total. The van der Waals surface area contributed by atoms with Gasteiger partial charge in [-0.25, -0.2) is 4.79 Å². The SMILES string of the molecule is Cc1ccc([C@H](C(=O)NC2(C(=O)O)CCC2)N(C)C)cc1. The predicted octanol–water partition coefficient (Wildman–Crippen LogP) is 1.72. The van der Waals surface area contributed by atoms with Crippen LogP contribution in [-0.4, -0.2) is 41.5 Å². The Kier molecular flexibility index (Phi) is 4.32. The lowest BCUT2D eigenvalue weighted by Crippen LogP contribution is -2.60. The van der Waals surface area contributed by atoms with E-state index in [-0.39, 0.29) is 5.91 Å². The number of carbonyl (C=O) groups excluding carboxylic acids is 1. The van der Waals surface area contributed by atoms with E-state index in [1.807, 2.05) is 45.3 Å². The third-order valence-corrected chi connectivity index (χ3v) is 4.14. The number of benzene rings is 1. The van der Waals surface area contributed by atoms with Crippen molar-refractivity contribution >= 4 is 11.9 Å². The molecule has 0 radical (unpaired) electrons. The van der Waals surface area contributed by atoms with Crippen LogP contribution < -0.4 is 5.32 Å². The smallest absolute Gasteiger partial charge is 0.329 e. The van der Waals surface area contributed by atoms with Crippen LogP contribution in [0.2, 0.25) is 0 Å². The molecule has 0 heterocycles. The van der Waals surface area contributed by atoms with E-state index in [2.05, 4.69) is 5.32 Å². The number of hydrogen-bond donors (Lipinski definition) is 2. The predicted molar refractivity (Wildman–Crippen MR) is 80.0 cm³/mol. The summed E-state index contributed by atoms with van der Waals surface area (Å²) in [7, 11) is 3.64. The highest BCUT2D eigenvalue weighted by atomic mass is 16.4. The highest BCUT2D eigenvalue weighted by Gasteiger charge is 2.46. The molecule has 0 aromatic heterocycles. The lowest BCUT2D eigenvalue weighted by atomic mass is 9.76. The monoisotopic (exact) mass is 290 g/mol.